The molecule has 0 nitrogen and oxygen atoms in total. The molecule has 1 fully saturated rings. The van der Waals surface area contributed by atoms with E-state index in [4.69, 9.17) is 23.2 Å². The van der Waals surface area contributed by atoms with Crippen LogP contribution in [-0.2, 0) is 0 Å². The van der Waals surface area contributed by atoms with Gasteiger partial charge in [-0.25, -0.2) is 0 Å². The van der Waals surface area contributed by atoms with Crippen molar-refractivity contribution in [3.8, 4) is 0 Å². The van der Waals surface area contributed by atoms with E-state index in [-0.39, 0.29) is 5.38 Å². The fraction of sp³-hybridized carbons (Fsp3) is 0.636. The Bertz CT molecular complexity index is 312. The van der Waals surface area contributed by atoms with Gasteiger partial charge in [0.15, 0.2) is 0 Å². The number of rotatable bonds is 3. The van der Waals surface area contributed by atoms with Crippen LogP contribution in [0.2, 0.25) is 5.02 Å². The van der Waals surface area contributed by atoms with Crippen LogP contribution in [0, 0.1) is 5.92 Å². The topological polar surface area (TPSA) is 0 Å². The first-order chi connectivity index (χ1) is 7.16. The van der Waals surface area contributed by atoms with E-state index in [0.29, 0.717) is 0 Å². The van der Waals surface area contributed by atoms with Crippen LogP contribution in [0.5, 0.6) is 0 Å². The molecule has 0 bridgehead atoms. The summed E-state index contributed by atoms with van der Waals surface area (Å²) in [6.45, 7) is 0. The molecule has 0 N–H and O–H groups in total. The maximum atomic E-state index is 6.40. The van der Waals surface area contributed by atoms with Crippen molar-refractivity contribution in [3.05, 3.63) is 19.8 Å². The standard InChI is InChI=1S/C11H13BrCl2S/c12-11-9(14)6-10(15-11)8(13)5-7-3-1-2-4-7/h6-8H,1-5H2. The average Bonchev–Trinajstić information content (AvgIpc) is 2.78. The summed E-state index contributed by atoms with van der Waals surface area (Å²) in [6.07, 6.45) is 6.56. The molecule has 1 heterocycles. The third-order valence-corrected chi connectivity index (χ3v) is 6.12. The van der Waals surface area contributed by atoms with Gasteiger partial charge in [0.2, 0.25) is 0 Å². The zero-order chi connectivity index (χ0) is 10.8. The van der Waals surface area contributed by atoms with E-state index < -0.39 is 0 Å². The van der Waals surface area contributed by atoms with Crippen molar-refractivity contribution in [2.75, 3.05) is 0 Å². The molecular weight excluding hydrogens is 315 g/mol. The molecule has 84 valence electrons. The van der Waals surface area contributed by atoms with E-state index in [0.717, 1.165) is 21.1 Å². The molecule has 1 aromatic rings. The summed E-state index contributed by atoms with van der Waals surface area (Å²) in [5.74, 6) is 0.826. The molecule has 0 spiro atoms. The van der Waals surface area contributed by atoms with Gasteiger partial charge in [-0.2, -0.15) is 0 Å². The molecule has 1 saturated carbocycles. The molecule has 1 atom stereocenters. The van der Waals surface area contributed by atoms with Crippen LogP contribution in [-0.4, -0.2) is 0 Å². The third kappa shape index (κ3) is 3.12. The number of hydrogen-bond donors (Lipinski definition) is 0. The minimum absolute atomic E-state index is 0.141. The van der Waals surface area contributed by atoms with Crippen molar-refractivity contribution in [2.24, 2.45) is 5.92 Å². The molecule has 1 aliphatic rings. The molecule has 15 heavy (non-hydrogen) atoms. The molecular formula is C11H13BrCl2S. The summed E-state index contributed by atoms with van der Waals surface area (Å²) < 4.78 is 0.997. The van der Waals surface area contributed by atoms with E-state index >= 15 is 0 Å². The normalized spacial score (nSPS) is 19.7. The summed E-state index contributed by atoms with van der Waals surface area (Å²) >= 11 is 17.5. The minimum atomic E-state index is 0.141. The van der Waals surface area contributed by atoms with Gasteiger partial charge in [-0.1, -0.05) is 37.3 Å². The monoisotopic (exact) mass is 326 g/mol. The Kier molecular flexibility index (Phi) is 4.40. The third-order valence-electron chi connectivity index (χ3n) is 2.99. The quantitative estimate of drug-likeness (QED) is 0.595. The largest absolute Gasteiger partial charge is 0.130 e. The van der Waals surface area contributed by atoms with Crippen LogP contribution in [0.3, 0.4) is 0 Å². The smallest absolute Gasteiger partial charge is 0.0887 e. The van der Waals surface area contributed by atoms with Crippen molar-refractivity contribution < 1.29 is 0 Å². The summed E-state index contributed by atoms with van der Waals surface area (Å²) in [6, 6.07) is 1.99. The van der Waals surface area contributed by atoms with Crippen LogP contribution in [0.1, 0.15) is 42.4 Å². The lowest BCUT2D eigenvalue weighted by molar-refractivity contribution is 0.498. The molecule has 4 heteroatoms. The van der Waals surface area contributed by atoms with Gasteiger partial charge in [0.1, 0.15) is 0 Å². The van der Waals surface area contributed by atoms with E-state index in [2.05, 4.69) is 15.9 Å². The predicted molar refractivity (Wildman–Crippen MR) is 72.2 cm³/mol. The lowest BCUT2D eigenvalue weighted by atomic mass is 10.0. The van der Waals surface area contributed by atoms with Crippen LogP contribution >= 0.6 is 50.5 Å². The van der Waals surface area contributed by atoms with Gasteiger partial charge in [-0.3, -0.25) is 0 Å². The first-order valence-corrected chi connectivity index (χ1v) is 7.68. The van der Waals surface area contributed by atoms with Crippen molar-refractivity contribution >= 4 is 50.5 Å². The molecule has 0 radical (unpaired) electrons. The van der Waals surface area contributed by atoms with Crippen molar-refractivity contribution in [3.63, 3.8) is 0 Å². The molecule has 1 unspecified atom stereocenters. The van der Waals surface area contributed by atoms with Crippen LogP contribution in [0.4, 0.5) is 0 Å². The Morgan fingerprint density at radius 1 is 1.47 bits per heavy atom. The van der Waals surface area contributed by atoms with Crippen molar-refractivity contribution in [1.29, 1.82) is 0 Å². The highest BCUT2D eigenvalue weighted by molar-refractivity contribution is 9.11. The molecule has 1 aromatic heterocycles. The van der Waals surface area contributed by atoms with Crippen molar-refractivity contribution in [1.82, 2.24) is 0 Å². The maximum absolute atomic E-state index is 6.40. The van der Waals surface area contributed by atoms with Gasteiger partial charge in [-0.15, -0.1) is 22.9 Å². The number of thiophene rings is 1. The lowest BCUT2D eigenvalue weighted by Gasteiger charge is -2.12. The van der Waals surface area contributed by atoms with Gasteiger partial charge < -0.3 is 0 Å². The fourth-order valence-corrected chi connectivity index (χ4v) is 4.36. The Hall–Kier alpha value is 0.760. The van der Waals surface area contributed by atoms with Crippen molar-refractivity contribution in [2.45, 2.75) is 37.5 Å². The predicted octanol–water partition coefficient (Wildman–Crippen LogP) is 6.02. The van der Waals surface area contributed by atoms with Gasteiger partial charge in [-0.05, 0) is 34.3 Å². The Labute approximate surface area is 113 Å². The second-order valence-electron chi connectivity index (χ2n) is 4.12. The second kappa shape index (κ2) is 5.39. The molecule has 1 aliphatic carbocycles. The summed E-state index contributed by atoms with van der Waals surface area (Å²) in [5.41, 5.74) is 0. The highest BCUT2D eigenvalue weighted by Crippen LogP contribution is 2.42. The van der Waals surface area contributed by atoms with Gasteiger partial charge >= 0.3 is 0 Å². The average molecular weight is 328 g/mol. The number of hydrogen-bond acceptors (Lipinski definition) is 1. The van der Waals surface area contributed by atoms with E-state index in [1.807, 2.05) is 6.07 Å². The Morgan fingerprint density at radius 2 is 2.13 bits per heavy atom. The first-order valence-electron chi connectivity index (χ1n) is 5.25. The second-order valence-corrected chi connectivity index (χ2v) is 7.46. The minimum Gasteiger partial charge on any atom is -0.130 e. The van der Waals surface area contributed by atoms with E-state index in [1.54, 1.807) is 11.3 Å². The van der Waals surface area contributed by atoms with Gasteiger partial charge in [0.25, 0.3) is 0 Å². The highest BCUT2D eigenvalue weighted by Gasteiger charge is 2.21. The fourth-order valence-electron chi connectivity index (χ4n) is 2.17. The molecule has 0 aliphatic heterocycles. The molecule has 0 aromatic carbocycles. The van der Waals surface area contributed by atoms with Gasteiger partial charge in [0.05, 0.1) is 14.2 Å². The highest BCUT2D eigenvalue weighted by atomic mass is 79.9. The Balaban J connectivity index is 1.97. The zero-order valence-corrected chi connectivity index (χ0v) is 12.2. The SMILES string of the molecule is Clc1cc(C(Cl)CC2CCCC2)sc1Br. The maximum Gasteiger partial charge on any atom is 0.0887 e. The van der Waals surface area contributed by atoms with Crippen LogP contribution in [0.25, 0.3) is 0 Å². The van der Waals surface area contributed by atoms with E-state index in [1.165, 1.54) is 30.6 Å². The van der Waals surface area contributed by atoms with Crippen LogP contribution in [0.15, 0.2) is 9.85 Å². The summed E-state index contributed by atoms with van der Waals surface area (Å²) in [5, 5.41) is 0.925. The van der Waals surface area contributed by atoms with Gasteiger partial charge in [0, 0.05) is 4.88 Å². The summed E-state index contributed by atoms with van der Waals surface area (Å²) in [4.78, 5) is 1.19. The lowest BCUT2D eigenvalue weighted by Crippen LogP contribution is -1.97. The first kappa shape index (κ1) is 12.2. The molecule has 0 amide bonds. The number of alkyl halides is 1. The molecule has 2 rings (SSSR count). The Morgan fingerprint density at radius 3 is 2.67 bits per heavy atom. The van der Waals surface area contributed by atoms with Crippen LogP contribution < -0.4 is 0 Å². The van der Waals surface area contributed by atoms with E-state index in [9.17, 15) is 0 Å². The summed E-state index contributed by atoms with van der Waals surface area (Å²) in [7, 11) is 0. The molecule has 0 saturated heterocycles. The zero-order valence-electron chi connectivity index (χ0n) is 8.31. The number of halogens is 3.